The second-order valence-corrected chi connectivity index (χ2v) is 13.0. The Kier molecular flexibility index (Phi) is 8.71. The molecule has 0 saturated heterocycles. The number of amides is 2. The summed E-state index contributed by atoms with van der Waals surface area (Å²) in [5.74, 6) is -2.91. The number of ether oxygens (including phenoxy) is 2. The van der Waals surface area contributed by atoms with Gasteiger partial charge in [-0.05, 0) is 54.0 Å². The number of benzene rings is 1. The quantitative estimate of drug-likeness (QED) is 0.276. The molecule has 0 N–H and O–H groups in total. The van der Waals surface area contributed by atoms with Crippen molar-refractivity contribution in [2.75, 3.05) is 12.4 Å². The smallest absolute Gasteiger partial charge is 0.425 e. The molecule has 0 radical (unpaired) electrons. The molecule has 0 saturated carbocycles. The standard InChI is InChI=1S/C24H31F2N3O8S/c1-8-11-24(14-25)19(28(20(30)36-22(2,3)4)21(31)37-23(5,6)7)27-18(13-38(24,34)35)16-12-15(29(32)33)9-10-17(16)26/h8-10,12,18H,1,11,13-14H2,2-7H3. The minimum Gasteiger partial charge on any atom is -0.443 e. The lowest BCUT2D eigenvalue weighted by atomic mass is 10.0. The number of nitrogens with zero attached hydrogens (tertiary/aromatic N) is 3. The highest BCUT2D eigenvalue weighted by molar-refractivity contribution is 7.93. The maximum Gasteiger partial charge on any atom is 0.425 e. The molecule has 0 aromatic heterocycles. The van der Waals surface area contributed by atoms with E-state index >= 15 is 0 Å². The molecule has 2 rings (SSSR count). The van der Waals surface area contributed by atoms with Gasteiger partial charge in [-0.2, -0.15) is 4.90 Å². The van der Waals surface area contributed by atoms with Gasteiger partial charge in [-0.1, -0.05) is 6.08 Å². The molecular formula is C24H31F2N3O8S. The van der Waals surface area contributed by atoms with E-state index in [4.69, 9.17) is 9.47 Å². The third kappa shape index (κ3) is 6.52. The summed E-state index contributed by atoms with van der Waals surface area (Å²) in [5.41, 5.74) is -3.43. The molecule has 1 heterocycles. The summed E-state index contributed by atoms with van der Waals surface area (Å²) < 4.78 is 64.8. The number of non-ortho nitro benzene ring substituents is 1. The van der Waals surface area contributed by atoms with Crippen molar-refractivity contribution in [3.8, 4) is 0 Å². The van der Waals surface area contributed by atoms with Crippen LogP contribution in [-0.4, -0.2) is 64.6 Å². The van der Waals surface area contributed by atoms with Crippen LogP contribution in [0.25, 0.3) is 0 Å². The van der Waals surface area contributed by atoms with Gasteiger partial charge in [0.1, 0.15) is 29.5 Å². The largest absolute Gasteiger partial charge is 0.443 e. The predicted molar refractivity (Wildman–Crippen MR) is 135 cm³/mol. The first-order valence-corrected chi connectivity index (χ1v) is 13.1. The summed E-state index contributed by atoms with van der Waals surface area (Å²) in [5, 5.41) is 11.3. The Bertz CT molecular complexity index is 1240. The molecule has 11 nitrogen and oxygen atoms in total. The molecule has 0 fully saturated rings. The number of sulfone groups is 1. The van der Waals surface area contributed by atoms with E-state index in [1.807, 2.05) is 0 Å². The van der Waals surface area contributed by atoms with Crippen molar-refractivity contribution in [3.05, 3.63) is 52.3 Å². The molecule has 0 bridgehead atoms. The third-order valence-corrected chi connectivity index (χ3v) is 7.67. The van der Waals surface area contributed by atoms with Gasteiger partial charge in [0.15, 0.2) is 14.6 Å². The molecule has 1 aromatic carbocycles. The summed E-state index contributed by atoms with van der Waals surface area (Å²) in [7, 11) is -4.66. The van der Waals surface area contributed by atoms with Crippen molar-refractivity contribution in [1.82, 2.24) is 4.90 Å². The van der Waals surface area contributed by atoms with Gasteiger partial charge >= 0.3 is 12.2 Å². The van der Waals surface area contributed by atoms with Gasteiger partial charge in [-0.25, -0.2) is 26.8 Å². The Hall–Kier alpha value is -3.42. The van der Waals surface area contributed by atoms with Crippen molar-refractivity contribution >= 4 is 33.5 Å². The minimum atomic E-state index is -4.66. The van der Waals surface area contributed by atoms with Crippen molar-refractivity contribution in [2.45, 2.75) is 70.0 Å². The van der Waals surface area contributed by atoms with Crippen LogP contribution in [0.3, 0.4) is 0 Å². The van der Waals surface area contributed by atoms with Gasteiger partial charge in [0.25, 0.3) is 5.69 Å². The Morgan fingerprint density at radius 1 is 1.21 bits per heavy atom. The number of amidine groups is 1. The number of carbonyl (C=O) groups is 2. The van der Waals surface area contributed by atoms with Crippen LogP contribution in [0.1, 0.15) is 59.6 Å². The highest BCUT2D eigenvalue weighted by Gasteiger charge is 2.57. The molecule has 14 heteroatoms. The van der Waals surface area contributed by atoms with Crippen LogP contribution in [0.15, 0.2) is 35.8 Å². The number of hydrogen-bond donors (Lipinski definition) is 0. The second-order valence-electron chi connectivity index (χ2n) is 10.6. The van der Waals surface area contributed by atoms with Crippen LogP contribution >= 0.6 is 0 Å². The van der Waals surface area contributed by atoms with E-state index in [0.29, 0.717) is 0 Å². The molecular weight excluding hydrogens is 528 g/mol. The predicted octanol–water partition coefficient (Wildman–Crippen LogP) is 5.06. The fourth-order valence-electron chi connectivity index (χ4n) is 3.64. The van der Waals surface area contributed by atoms with E-state index in [1.54, 1.807) is 0 Å². The zero-order valence-electron chi connectivity index (χ0n) is 22.0. The maximum atomic E-state index is 14.8. The van der Waals surface area contributed by atoms with Gasteiger partial charge in [-0.3, -0.25) is 15.1 Å². The van der Waals surface area contributed by atoms with Gasteiger partial charge < -0.3 is 9.47 Å². The van der Waals surface area contributed by atoms with Crippen molar-refractivity contribution in [2.24, 2.45) is 4.99 Å². The Morgan fingerprint density at radius 3 is 2.16 bits per heavy atom. The fourth-order valence-corrected chi connectivity index (χ4v) is 5.59. The number of carbonyl (C=O) groups excluding carboxylic acids is 2. The Balaban J connectivity index is 2.93. The number of nitro benzene ring substituents is 1. The molecule has 2 atom stereocenters. The molecule has 0 aliphatic carbocycles. The Labute approximate surface area is 219 Å². The number of aliphatic imine (C=N–C) groups is 1. The van der Waals surface area contributed by atoms with Crippen molar-refractivity contribution in [3.63, 3.8) is 0 Å². The first kappa shape index (κ1) is 30.8. The fraction of sp³-hybridized carbons (Fsp3) is 0.542. The van der Waals surface area contributed by atoms with E-state index in [2.05, 4.69) is 11.6 Å². The van der Waals surface area contributed by atoms with Crippen LogP contribution < -0.4 is 0 Å². The topological polar surface area (TPSA) is 145 Å². The lowest BCUT2D eigenvalue weighted by Crippen LogP contribution is -2.62. The maximum absolute atomic E-state index is 14.8. The summed E-state index contributed by atoms with van der Waals surface area (Å²) in [6, 6.07) is 0.748. The number of allylic oxidation sites excluding steroid dienone is 1. The van der Waals surface area contributed by atoms with Crippen LogP contribution in [-0.2, 0) is 19.3 Å². The molecule has 1 aliphatic heterocycles. The minimum absolute atomic E-state index is 0.179. The lowest BCUT2D eigenvalue weighted by Gasteiger charge is -2.40. The average molecular weight is 560 g/mol. The Morgan fingerprint density at radius 2 is 1.74 bits per heavy atom. The molecule has 2 amide bonds. The summed E-state index contributed by atoms with van der Waals surface area (Å²) >= 11 is 0. The number of nitro groups is 1. The van der Waals surface area contributed by atoms with E-state index in [1.165, 1.54) is 41.5 Å². The van der Waals surface area contributed by atoms with Crippen LogP contribution in [0.5, 0.6) is 0 Å². The monoisotopic (exact) mass is 559 g/mol. The normalized spacial score (nSPS) is 21.2. The van der Waals surface area contributed by atoms with Crippen LogP contribution in [0.4, 0.5) is 24.1 Å². The third-order valence-electron chi connectivity index (χ3n) is 5.26. The number of rotatable bonds is 5. The van der Waals surface area contributed by atoms with E-state index < -0.39 is 90.7 Å². The molecule has 1 aromatic rings. The van der Waals surface area contributed by atoms with Crippen molar-refractivity contribution in [1.29, 1.82) is 0 Å². The summed E-state index contributed by atoms with van der Waals surface area (Å²) in [6.07, 6.45) is -2.37. The van der Waals surface area contributed by atoms with Gasteiger partial charge in [-0.15, -0.1) is 6.58 Å². The van der Waals surface area contributed by atoms with Gasteiger partial charge in [0.05, 0.1) is 16.7 Å². The molecule has 1 aliphatic rings. The van der Waals surface area contributed by atoms with Gasteiger partial charge in [0, 0.05) is 17.7 Å². The average Bonchev–Trinajstić information content (AvgIpc) is 2.73. The van der Waals surface area contributed by atoms with Gasteiger partial charge in [0.2, 0.25) is 0 Å². The van der Waals surface area contributed by atoms with Crippen molar-refractivity contribution < 1.29 is 41.2 Å². The van der Waals surface area contributed by atoms with Crippen LogP contribution in [0.2, 0.25) is 0 Å². The second kappa shape index (κ2) is 10.8. The SMILES string of the molecule is C=CCC1(CF)C(N(C(=O)OC(C)(C)C)C(=O)OC(C)(C)C)=NC(c2cc([N+](=O)[O-])ccc2F)CS1(=O)=O. The highest BCUT2D eigenvalue weighted by Crippen LogP contribution is 2.40. The lowest BCUT2D eigenvalue weighted by molar-refractivity contribution is -0.385. The molecule has 210 valence electrons. The molecule has 0 spiro atoms. The first-order valence-electron chi connectivity index (χ1n) is 11.5. The summed E-state index contributed by atoms with van der Waals surface area (Å²) in [4.78, 5) is 41.3. The zero-order valence-corrected chi connectivity index (χ0v) is 22.8. The first-order chi connectivity index (χ1) is 17.3. The van der Waals surface area contributed by atoms with E-state index in [9.17, 15) is 36.9 Å². The number of hydrogen-bond acceptors (Lipinski definition) is 9. The zero-order chi connectivity index (χ0) is 29.3. The number of halogens is 2. The highest BCUT2D eigenvalue weighted by atomic mass is 32.2. The van der Waals surface area contributed by atoms with E-state index in [0.717, 1.165) is 24.3 Å². The number of alkyl halides is 1. The van der Waals surface area contributed by atoms with E-state index in [-0.39, 0.29) is 4.90 Å². The number of imide groups is 1. The molecule has 2 unspecified atom stereocenters. The summed E-state index contributed by atoms with van der Waals surface area (Å²) in [6.45, 7) is 10.7. The van der Waals surface area contributed by atoms with Crippen LogP contribution in [0, 0.1) is 15.9 Å². The molecule has 38 heavy (non-hydrogen) atoms.